The average molecular weight is 300 g/mol. The van der Waals surface area contributed by atoms with Gasteiger partial charge in [0.15, 0.2) is 5.78 Å². The van der Waals surface area contributed by atoms with E-state index in [1.807, 2.05) is 0 Å². The molecule has 0 saturated carbocycles. The zero-order valence-corrected chi connectivity index (χ0v) is 11.1. The minimum atomic E-state index is -4.49. The summed E-state index contributed by atoms with van der Waals surface area (Å²) in [6, 6.07) is 7.24. The molecule has 1 aromatic carbocycles. The topological polar surface area (TPSA) is 30.0 Å². The Morgan fingerprint density at radius 2 is 1.90 bits per heavy atom. The van der Waals surface area contributed by atoms with Gasteiger partial charge in [-0.05, 0) is 31.2 Å². The highest BCUT2D eigenvalue weighted by molar-refractivity contribution is 6.33. The number of halogens is 4. The van der Waals surface area contributed by atoms with Gasteiger partial charge >= 0.3 is 6.18 Å². The average Bonchev–Trinajstić information content (AvgIpc) is 2.37. The molecule has 0 aliphatic rings. The molecular formula is C14H9ClF3NO. The fourth-order valence-corrected chi connectivity index (χ4v) is 1.97. The highest BCUT2D eigenvalue weighted by atomic mass is 35.5. The van der Waals surface area contributed by atoms with Gasteiger partial charge in [0.05, 0.1) is 11.1 Å². The van der Waals surface area contributed by atoms with Crippen LogP contribution in [0.4, 0.5) is 13.2 Å². The maximum absolute atomic E-state index is 12.6. The van der Waals surface area contributed by atoms with Crippen LogP contribution in [0, 0.1) is 6.92 Å². The molecule has 0 radical (unpaired) electrons. The summed E-state index contributed by atoms with van der Waals surface area (Å²) in [4.78, 5) is 16.1. The lowest BCUT2D eigenvalue weighted by molar-refractivity contribution is -0.137. The highest BCUT2D eigenvalue weighted by Gasteiger charge is 2.31. The van der Waals surface area contributed by atoms with E-state index in [4.69, 9.17) is 11.6 Å². The number of alkyl halides is 3. The maximum Gasteiger partial charge on any atom is 0.416 e. The number of aromatic nitrogens is 1. The van der Waals surface area contributed by atoms with Gasteiger partial charge in [0, 0.05) is 11.3 Å². The Balaban J connectivity index is 2.44. The predicted octanol–water partition coefficient (Wildman–Crippen LogP) is 4.29. The Labute approximate surface area is 118 Å². The molecule has 2 rings (SSSR count). The number of rotatable bonds is 2. The van der Waals surface area contributed by atoms with Crippen LogP contribution in [0.3, 0.4) is 0 Å². The summed E-state index contributed by atoms with van der Waals surface area (Å²) in [6.45, 7) is 1.70. The Morgan fingerprint density at radius 3 is 2.50 bits per heavy atom. The normalized spacial score (nSPS) is 11.4. The number of benzene rings is 1. The van der Waals surface area contributed by atoms with Crippen LogP contribution in [0.5, 0.6) is 0 Å². The van der Waals surface area contributed by atoms with E-state index in [2.05, 4.69) is 4.98 Å². The molecule has 0 aliphatic heterocycles. The van der Waals surface area contributed by atoms with Crippen LogP contribution in [0.1, 0.15) is 27.2 Å². The van der Waals surface area contributed by atoms with E-state index >= 15 is 0 Å². The fourth-order valence-electron chi connectivity index (χ4n) is 1.69. The third-order valence-electron chi connectivity index (χ3n) is 2.68. The Hall–Kier alpha value is -1.88. The quantitative estimate of drug-likeness (QED) is 0.611. The van der Waals surface area contributed by atoms with E-state index in [0.29, 0.717) is 5.69 Å². The van der Waals surface area contributed by atoms with E-state index in [1.165, 1.54) is 18.2 Å². The van der Waals surface area contributed by atoms with Gasteiger partial charge in [-0.2, -0.15) is 13.2 Å². The number of pyridine rings is 1. The summed E-state index contributed by atoms with van der Waals surface area (Å²) in [5.41, 5.74) is -0.251. The lowest BCUT2D eigenvalue weighted by Crippen LogP contribution is -2.09. The first-order valence-electron chi connectivity index (χ1n) is 5.64. The largest absolute Gasteiger partial charge is 0.416 e. The standard InChI is InChI=1S/C14H9ClF3NO/c1-8-5-6-11(13(15)19-8)12(20)9-3-2-4-10(7-9)14(16,17)18/h2-7H,1H3. The Kier molecular flexibility index (Phi) is 3.81. The number of hydrogen-bond acceptors (Lipinski definition) is 2. The van der Waals surface area contributed by atoms with Crippen molar-refractivity contribution in [2.45, 2.75) is 13.1 Å². The number of carbonyl (C=O) groups is 1. The van der Waals surface area contributed by atoms with Gasteiger partial charge in [-0.15, -0.1) is 0 Å². The second-order valence-electron chi connectivity index (χ2n) is 4.20. The molecule has 1 heterocycles. The molecule has 0 N–H and O–H groups in total. The van der Waals surface area contributed by atoms with Crippen LogP contribution < -0.4 is 0 Å². The SMILES string of the molecule is Cc1ccc(C(=O)c2cccc(C(F)(F)F)c2)c(Cl)n1. The minimum Gasteiger partial charge on any atom is -0.288 e. The number of ketones is 1. The maximum atomic E-state index is 12.6. The zero-order valence-electron chi connectivity index (χ0n) is 10.3. The van der Waals surface area contributed by atoms with Gasteiger partial charge in [0.25, 0.3) is 0 Å². The monoisotopic (exact) mass is 299 g/mol. The van der Waals surface area contributed by atoms with Crippen LogP contribution >= 0.6 is 11.6 Å². The second-order valence-corrected chi connectivity index (χ2v) is 4.56. The van der Waals surface area contributed by atoms with Crippen LogP contribution in [-0.2, 0) is 6.18 Å². The minimum absolute atomic E-state index is 0.0209. The van der Waals surface area contributed by atoms with Gasteiger partial charge < -0.3 is 0 Å². The molecule has 0 saturated heterocycles. The van der Waals surface area contributed by atoms with Crippen molar-refractivity contribution in [2.24, 2.45) is 0 Å². The summed E-state index contributed by atoms with van der Waals surface area (Å²) < 4.78 is 37.8. The number of hydrogen-bond donors (Lipinski definition) is 0. The van der Waals surface area contributed by atoms with Gasteiger partial charge in [0.2, 0.25) is 0 Å². The number of aryl methyl sites for hydroxylation is 1. The van der Waals surface area contributed by atoms with E-state index < -0.39 is 17.5 Å². The van der Waals surface area contributed by atoms with Crippen molar-refractivity contribution in [1.82, 2.24) is 4.98 Å². The third-order valence-corrected chi connectivity index (χ3v) is 2.97. The smallest absolute Gasteiger partial charge is 0.288 e. The van der Waals surface area contributed by atoms with Crippen LogP contribution in [0.2, 0.25) is 5.15 Å². The van der Waals surface area contributed by atoms with Crippen molar-refractivity contribution in [1.29, 1.82) is 0 Å². The Bertz CT molecular complexity index is 668. The third kappa shape index (κ3) is 2.99. The number of carbonyl (C=O) groups excluding carboxylic acids is 1. The molecule has 0 bridgehead atoms. The molecule has 0 aliphatic carbocycles. The summed E-state index contributed by atoms with van der Waals surface area (Å²) in [5.74, 6) is -0.589. The van der Waals surface area contributed by atoms with E-state index in [0.717, 1.165) is 12.1 Å². The van der Waals surface area contributed by atoms with Gasteiger partial charge in [-0.3, -0.25) is 4.79 Å². The van der Waals surface area contributed by atoms with Gasteiger partial charge in [-0.1, -0.05) is 23.7 Å². The number of nitrogens with zero attached hydrogens (tertiary/aromatic N) is 1. The van der Waals surface area contributed by atoms with E-state index in [1.54, 1.807) is 13.0 Å². The first kappa shape index (κ1) is 14.5. The van der Waals surface area contributed by atoms with Crippen molar-refractivity contribution in [3.05, 3.63) is 63.9 Å². The molecule has 6 heteroatoms. The summed E-state index contributed by atoms with van der Waals surface area (Å²) in [5, 5.41) is -0.0209. The summed E-state index contributed by atoms with van der Waals surface area (Å²) in [7, 11) is 0. The zero-order chi connectivity index (χ0) is 14.9. The summed E-state index contributed by atoms with van der Waals surface area (Å²) >= 11 is 5.85. The van der Waals surface area contributed by atoms with Crippen LogP contribution in [0.15, 0.2) is 36.4 Å². The van der Waals surface area contributed by atoms with E-state index in [9.17, 15) is 18.0 Å². The summed E-state index contributed by atoms with van der Waals surface area (Å²) in [6.07, 6.45) is -4.49. The van der Waals surface area contributed by atoms with Crippen molar-refractivity contribution in [2.75, 3.05) is 0 Å². The first-order chi connectivity index (χ1) is 9.29. The molecule has 0 spiro atoms. The second kappa shape index (κ2) is 5.25. The molecule has 104 valence electrons. The molecule has 0 fully saturated rings. The predicted molar refractivity (Wildman–Crippen MR) is 68.9 cm³/mol. The molecule has 1 aromatic heterocycles. The van der Waals surface area contributed by atoms with E-state index in [-0.39, 0.29) is 16.3 Å². The molecule has 0 atom stereocenters. The van der Waals surface area contributed by atoms with Crippen LogP contribution in [-0.4, -0.2) is 10.8 Å². The molecule has 0 unspecified atom stereocenters. The molecule has 20 heavy (non-hydrogen) atoms. The van der Waals surface area contributed by atoms with Crippen molar-refractivity contribution < 1.29 is 18.0 Å². The molecule has 2 aromatic rings. The van der Waals surface area contributed by atoms with Crippen LogP contribution in [0.25, 0.3) is 0 Å². The van der Waals surface area contributed by atoms with Crippen molar-refractivity contribution >= 4 is 17.4 Å². The molecule has 0 amide bonds. The van der Waals surface area contributed by atoms with Crippen molar-refractivity contribution in [3.8, 4) is 0 Å². The van der Waals surface area contributed by atoms with Gasteiger partial charge in [0.1, 0.15) is 5.15 Å². The lowest BCUT2D eigenvalue weighted by Gasteiger charge is -2.09. The first-order valence-corrected chi connectivity index (χ1v) is 6.02. The lowest BCUT2D eigenvalue weighted by atomic mass is 10.0. The van der Waals surface area contributed by atoms with Crippen molar-refractivity contribution in [3.63, 3.8) is 0 Å². The molecular weight excluding hydrogens is 291 g/mol. The Morgan fingerprint density at radius 1 is 1.20 bits per heavy atom. The highest BCUT2D eigenvalue weighted by Crippen LogP contribution is 2.30. The molecule has 2 nitrogen and oxygen atoms in total. The van der Waals surface area contributed by atoms with Gasteiger partial charge in [-0.25, -0.2) is 4.98 Å². The fraction of sp³-hybridized carbons (Fsp3) is 0.143.